The maximum atomic E-state index is 13.9. The second-order valence-electron chi connectivity index (χ2n) is 7.98. The Morgan fingerprint density at radius 3 is 2.62 bits per heavy atom. The molecule has 1 aliphatic rings. The number of nitrogens with zero attached hydrogens (tertiary/aromatic N) is 5. The van der Waals surface area contributed by atoms with Crippen molar-refractivity contribution in [3.63, 3.8) is 0 Å². The van der Waals surface area contributed by atoms with Crippen LogP contribution in [0.5, 0.6) is 5.75 Å². The molecule has 4 aromatic rings. The van der Waals surface area contributed by atoms with Crippen molar-refractivity contribution >= 4 is 23.2 Å². The molecule has 7 nitrogen and oxygen atoms in total. The fourth-order valence-electron chi connectivity index (χ4n) is 4.19. The SMILES string of the molecule is COc1cc(Nc2nc3n(n2)CCCCC3c2cc(F)c(F)c(F)c2)ccc1-n1cnc(Cl)c1. The van der Waals surface area contributed by atoms with E-state index >= 15 is 0 Å². The normalized spacial score (nSPS) is 15.6. The van der Waals surface area contributed by atoms with Gasteiger partial charge in [0.15, 0.2) is 17.5 Å². The zero-order chi connectivity index (χ0) is 23.8. The van der Waals surface area contributed by atoms with E-state index in [-0.39, 0.29) is 0 Å². The van der Waals surface area contributed by atoms with E-state index in [9.17, 15) is 13.2 Å². The molecule has 2 aromatic heterocycles. The summed E-state index contributed by atoms with van der Waals surface area (Å²) < 4.78 is 50.3. The molecule has 34 heavy (non-hydrogen) atoms. The molecule has 0 amide bonds. The van der Waals surface area contributed by atoms with Crippen LogP contribution in [0.2, 0.25) is 5.15 Å². The molecule has 0 radical (unpaired) electrons. The summed E-state index contributed by atoms with van der Waals surface area (Å²) in [7, 11) is 1.56. The number of halogens is 4. The third kappa shape index (κ3) is 4.21. The van der Waals surface area contributed by atoms with Crippen LogP contribution < -0.4 is 10.1 Å². The molecule has 5 rings (SSSR count). The van der Waals surface area contributed by atoms with Crippen LogP contribution in [0.1, 0.15) is 36.6 Å². The molecule has 176 valence electrons. The predicted octanol–water partition coefficient (Wildman–Crippen LogP) is 5.60. The molecular formula is C23H20ClF3N6O. The molecular weight excluding hydrogens is 469 g/mol. The average molecular weight is 489 g/mol. The van der Waals surface area contributed by atoms with Crippen LogP contribution >= 0.6 is 11.6 Å². The highest BCUT2D eigenvalue weighted by atomic mass is 35.5. The van der Waals surface area contributed by atoms with Gasteiger partial charge in [-0.15, -0.1) is 5.10 Å². The molecule has 3 heterocycles. The lowest BCUT2D eigenvalue weighted by Gasteiger charge is -2.14. The van der Waals surface area contributed by atoms with Gasteiger partial charge >= 0.3 is 0 Å². The maximum absolute atomic E-state index is 13.9. The summed E-state index contributed by atoms with van der Waals surface area (Å²) in [6, 6.07) is 7.53. The van der Waals surface area contributed by atoms with Crippen molar-refractivity contribution in [2.45, 2.75) is 31.7 Å². The average Bonchev–Trinajstić information content (AvgIpc) is 3.37. The third-order valence-electron chi connectivity index (χ3n) is 5.80. The molecule has 2 aromatic carbocycles. The van der Waals surface area contributed by atoms with Crippen LogP contribution in [0.25, 0.3) is 5.69 Å². The molecule has 0 aliphatic carbocycles. The van der Waals surface area contributed by atoms with E-state index in [1.165, 1.54) is 0 Å². The van der Waals surface area contributed by atoms with Gasteiger partial charge in [-0.2, -0.15) is 4.98 Å². The molecule has 0 bridgehead atoms. The van der Waals surface area contributed by atoms with Gasteiger partial charge in [0, 0.05) is 30.4 Å². The topological polar surface area (TPSA) is 69.8 Å². The largest absolute Gasteiger partial charge is 0.494 e. The smallest absolute Gasteiger partial charge is 0.246 e. The van der Waals surface area contributed by atoms with Crippen molar-refractivity contribution in [1.82, 2.24) is 24.3 Å². The van der Waals surface area contributed by atoms with Gasteiger partial charge in [0.05, 0.1) is 12.8 Å². The number of aromatic nitrogens is 5. The number of imidazole rings is 1. The van der Waals surface area contributed by atoms with Gasteiger partial charge in [0.25, 0.3) is 0 Å². The standard InChI is InChI=1S/C23H20ClF3N6O/c1-34-19-10-14(5-6-18(19)32-11-20(24)28-12-32)29-23-30-22-15(4-2-3-7-33(22)31-23)13-8-16(25)21(27)17(26)9-13/h5-6,8-12,15H,2-4,7H2,1H3,(H,29,31). The Morgan fingerprint density at radius 2 is 1.91 bits per heavy atom. The van der Waals surface area contributed by atoms with Crippen LogP contribution in [0.3, 0.4) is 0 Å². The Hall–Kier alpha value is -3.53. The molecule has 0 saturated carbocycles. The van der Waals surface area contributed by atoms with E-state index in [0.29, 0.717) is 46.9 Å². The molecule has 0 fully saturated rings. The van der Waals surface area contributed by atoms with Crippen molar-refractivity contribution in [3.05, 3.63) is 76.8 Å². The van der Waals surface area contributed by atoms with Crippen molar-refractivity contribution < 1.29 is 17.9 Å². The van der Waals surface area contributed by atoms with Gasteiger partial charge in [-0.05, 0) is 42.7 Å². The number of nitrogens with one attached hydrogen (secondary N) is 1. The monoisotopic (exact) mass is 488 g/mol. The fraction of sp³-hybridized carbons (Fsp3) is 0.261. The van der Waals surface area contributed by atoms with Gasteiger partial charge in [0.2, 0.25) is 5.95 Å². The number of rotatable bonds is 5. The number of anilines is 2. The summed E-state index contributed by atoms with van der Waals surface area (Å²) in [5.41, 5.74) is 1.77. The molecule has 1 N–H and O–H groups in total. The minimum atomic E-state index is -1.48. The van der Waals surface area contributed by atoms with Gasteiger partial charge in [-0.25, -0.2) is 22.8 Å². The Kier molecular flexibility index (Phi) is 5.91. The van der Waals surface area contributed by atoms with Crippen LogP contribution in [-0.4, -0.2) is 31.4 Å². The van der Waals surface area contributed by atoms with Gasteiger partial charge in [-0.1, -0.05) is 18.0 Å². The summed E-state index contributed by atoms with van der Waals surface area (Å²) in [4.78, 5) is 8.63. The summed E-state index contributed by atoms with van der Waals surface area (Å²) >= 11 is 5.92. The number of aryl methyl sites for hydroxylation is 1. The van der Waals surface area contributed by atoms with E-state index in [4.69, 9.17) is 16.3 Å². The minimum Gasteiger partial charge on any atom is -0.494 e. The van der Waals surface area contributed by atoms with Gasteiger partial charge in [-0.3, -0.25) is 0 Å². The predicted molar refractivity (Wildman–Crippen MR) is 120 cm³/mol. The lowest BCUT2D eigenvalue weighted by molar-refractivity contribution is 0.413. The number of hydrogen-bond acceptors (Lipinski definition) is 5. The first-order chi connectivity index (χ1) is 16.4. The highest BCUT2D eigenvalue weighted by molar-refractivity contribution is 6.29. The number of hydrogen-bond donors (Lipinski definition) is 1. The quantitative estimate of drug-likeness (QED) is 0.370. The van der Waals surface area contributed by atoms with Crippen molar-refractivity contribution in [2.24, 2.45) is 0 Å². The van der Waals surface area contributed by atoms with E-state index in [0.717, 1.165) is 30.7 Å². The van der Waals surface area contributed by atoms with Gasteiger partial charge < -0.3 is 14.6 Å². The van der Waals surface area contributed by atoms with Crippen LogP contribution in [-0.2, 0) is 6.54 Å². The Morgan fingerprint density at radius 1 is 1.12 bits per heavy atom. The molecule has 0 spiro atoms. The molecule has 1 aliphatic heterocycles. The number of ether oxygens (including phenoxy) is 1. The summed E-state index contributed by atoms with van der Waals surface area (Å²) in [5, 5.41) is 8.07. The first-order valence-corrected chi connectivity index (χ1v) is 11.0. The maximum Gasteiger partial charge on any atom is 0.246 e. The summed E-state index contributed by atoms with van der Waals surface area (Å²) in [6.07, 6.45) is 5.55. The molecule has 1 atom stereocenters. The Bertz CT molecular complexity index is 1330. The molecule has 11 heteroatoms. The molecule has 1 unspecified atom stereocenters. The lowest BCUT2D eigenvalue weighted by Crippen LogP contribution is -2.09. The summed E-state index contributed by atoms with van der Waals surface area (Å²) in [5.74, 6) is -2.82. The van der Waals surface area contributed by atoms with E-state index in [1.54, 1.807) is 34.9 Å². The van der Waals surface area contributed by atoms with E-state index in [2.05, 4.69) is 20.4 Å². The van der Waals surface area contributed by atoms with Crippen molar-refractivity contribution in [3.8, 4) is 11.4 Å². The molecule has 0 saturated heterocycles. The Balaban J connectivity index is 1.45. The lowest BCUT2D eigenvalue weighted by atomic mass is 9.93. The summed E-state index contributed by atoms with van der Waals surface area (Å²) in [6.45, 7) is 0.621. The van der Waals surface area contributed by atoms with Crippen LogP contribution in [0.15, 0.2) is 42.9 Å². The van der Waals surface area contributed by atoms with Crippen LogP contribution in [0.4, 0.5) is 24.8 Å². The second kappa shape index (κ2) is 9.02. The van der Waals surface area contributed by atoms with Crippen LogP contribution in [0, 0.1) is 17.5 Å². The number of methoxy groups -OCH3 is 1. The van der Waals surface area contributed by atoms with E-state index < -0.39 is 23.4 Å². The third-order valence-corrected chi connectivity index (χ3v) is 5.99. The first-order valence-electron chi connectivity index (χ1n) is 10.7. The highest BCUT2D eigenvalue weighted by Crippen LogP contribution is 2.34. The fourth-order valence-corrected chi connectivity index (χ4v) is 4.34. The number of fused-ring (bicyclic) bond motifs is 1. The second-order valence-corrected chi connectivity index (χ2v) is 8.37. The zero-order valence-electron chi connectivity index (χ0n) is 18.1. The number of benzene rings is 2. The Labute approximate surface area is 198 Å². The minimum absolute atomic E-state index is 0.337. The zero-order valence-corrected chi connectivity index (χ0v) is 18.9. The van der Waals surface area contributed by atoms with E-state index in [1.807, 2.05) is 12.1 Å². The van der Waals surface area contributed by atoms with Crippen molar-refractivity contribution in [1.29, 1.82) is 0 Å². The van der Waals surface area contributed by atoms with Crippen molar-refractivity contribution in [2.75, 3.05) is 12.4 Å². The highest BCUT2D eigenvalue weighted by Gasteiger charge is 2.26. The van der Waals surface area contributed by atoms with Gasteiger partial charge in [0.1, 0.15) is 23.1 Å². The first kappa shape index (κ1) is 22.3.